The maximum atomic E-state index is 13.0. The van der Waals surface area contributed by atoms with Crippen LogP contribution in [0, 0.1) is 19.8 Å². The quantitative estimate of drug-likeness (QED) is 0.816. The minimum Gasteiger partial charge on any atom is -0.331 e. The normalized spacial score (nSPS) is 14.9. The van der Waals surface area contributed by atoms with Gasteiger partial charge in [-0.25, -0.2) is 0 Å². The first-order valence-electron chi connectivity index (χ1n) is 9.94. The average Bonchev–Trinajstić information content (AvgIpc) is 2.66. The molecule has 1 fully saturated rings. The molecule has 0 radical (unpaired) electrons. The van der Waals surface area contributed by atoms with Crippen molar-refractivity contribution in [3.8, 4) is 0 Å². The van der Waals surface area contributed by atoms with Gasteiger partial charge in [0.1, 0.15) is 0 Å². The largest absolute Gasteiger partial charge is 0.331 e. The number of nitrogens with one attached hydrogen (secondary N) is 1. The number of pyridine rings is 2. The number of hydrogen-bond donors (Lipinski definition) is 1. The molecule has 1 saturated heterocycles. The molecule has 0 aromatic carbocycles. The van der Waals surface area contributed by atoms with Crippen molar-refractivity contribution >= 4 is 5.91 Å². The second-order valence-corrected chi connectivity index (χ2v) is 7.52. The third kappa shape index (κ3) is 6.14. The number of carbonyl (C=O) groups is 1. The highest BCUT2D eigenvalue weighted by atomic mass is 16.2. The Bertz CT molecular complexity index is 708. The van der Waals surface area contributed by atoms with E-state index >= 15 is 0 Å². The predicted octanol–water partition coefficient (Wildman–Crippen LogP) is 3.40. The fourth-order valence-electron chi connectivity index (χ4n) is 3.65. The van der Waals surface area contributed by atoms with Gasteiger partial charge < -0.3 is 10.2 Å². The molecule has 0 aliphatic carbocycles. The molecule has 1 aliphatic rings. The van der Waals surface area contributed by atoms with Crippen molar-refractivity contribution in [1.29, 1.82) is 0 Å². The van der Waals surface area contributed by atoms with E-state index in [1.165, 1.54) is 12.8 Å². The Morgan fingerprint density at radius 1 is 1.00 bits per heavy atom. The summed E-state index contributed by atoms with van der Waals surface area (Å²) in [5, 5.41) is 3.39. The summed E-state index contributed by atoms with van der Waals surface area (Å²) in [6.07, 6.45) is 3.92. The molecule has 5 heteroatoms. The lowest BCUT2D eigenvalue weighted by Gasteiger charge is -2.25. The van der Waals surface area contributed by atoms with Crippen molar-refractivity contribution in [2.24, 2.45) is 5.92 Å². The molecular formula is C22H30N4O. The molecule has 0 atom stereocenters. The molecule has 1 N–H and O–H groups in total. The van der Waals surface area contributed by atoms with Gasteiger partial charge >= 0.3 is 0 Å². The van der Waals surface area contributed by atoms with E-state index < -0.39 is 0 Å². The van der Waals surface area contributed by atoms with E-state index in [1.807, 2.05) is 55.1 Å². The number of amides is 1. The second-order valence-electron chi connectivity index (χ2n) is 7.52. The molecular weight excluding hydrogens is 336 g/mol. The summed E-state index contributed by atoms with van der Waals surface area (Å²) in [4.78, 5) is 24.1. The van der Waals surface area contributed by atoms with Crippen LogP contribution in [0.2, 0.25) is 0 Å². The number of hydrogen-bond acceptors (Lipinski definition) is 4. The van der Waals surface area contributed by atoms with E-state index in [0.29, 0.717) is 25.4 Å². The smallest absolute Gasteiger partial charge is 0.223 e. The zero-order valence-electron chi connectivity index (χ0n) is 16.4. The molecule has 0 spiro atoms. The van der Waals surface area contributed by atoms with Crippen molar-refractivity contribution in [2.45, 2.75) is 52.6 Å². The van der Waals surface area contributed by atoms with Crippen molar-refractivity contribution < 1.29 is 4.79 Å². The molecule has 0 bridgehead atoms. The lowest BCUT2D eigenvalue weighted by Crippen LogP contribution is -2.32. The van der Waals surface area contributed by atoms with Crippen molar-refractivity contribution in [3.63, 3.8) is 0 Å². The summed E-state index contributed by atoms with van der Waals surface area (Å²) in [7, 11) is 0. The lowest BCUT2D eigenvalue weighted by atomic mass is 9.93. The highest BCUT2D eigenvalue weighted by Gasteiger charge is 2.19. The Balaban J connectivity index is 1.68. The summed E-state index contributed by atoms with van der Waals surface area (Å²) in [5.41, 5.74) is 3.81. The molecule has 27 heavy (non-hydrogen) atoms. The van der Waals surface area contributed by atoms with E-state index in [-0.39, 0.29) is 5.91 Å². The third-order valence-corrected chi connectivity index (χ3v) is 5.18. The van der Waals surface area contributed by atoms with E-state index in [1.54, 1.807) is 0 Å². The Morgan fingerprint density at radius 3 is 2.07 bits per heavy atom. The molecule has 1 amide bonds. The SMILES string of the molecule is Cc1cccc(CN(Cc2cccc(C)n2)C(=O)CCC2CCNCC2)n1. The number of piperidine rings is 1. The van der Waals surface area contributed by atoms with Gasteiger partial charge in [-0.05, 0) is 76.4 Å². The summed E-state index contributed by atoms with van der Waals surface area (Å²) >= 11 is 0. The zero-order valence-corrected chi connectivity index (χ0v) is 16.4. The molecule has 0 saturated carbocycles. The van der Waals surface area contributed by atoms with Crippen LogP contribution in [0.15, 0.2) is 36.4 Å². The molecule has 3 heterocycles. The van der Waals surface area contributed by atoms with Crippen LogP contribution in [-0.4, -0.2) is 33.9 Å². The Hall–Kier alpha value is -2.27. The summed E-state index contributed by atoms with van der Waals surface area (Å²) in [5.74, 6) is 0.853. The number of rotatable bonds is 7. The fraction of sp³-hybridized carbons (Fsp3) is 0.500. The van der Waals surface area contributed by atoms with Gasteiger partial charge in [-0.15, -0.1) is 0 Å². The summed E-state index contributed by atoms with van der Waals surface area (Å²) in [6, 6.07) is 11.9. The zero-order chi connectivity index (χ0) is 19.1. The van der Waals surface area contributed by atoms with Gasteiger partial charge in [0.15, 0.2) is 0 Å². The summed E-state index contributed by atoms with van der Waals surface area (Å²) < 4.78 is 0. The Labute approximate surface area is 162 Å². The molecule has 0 unspecified atom stereocenters. The van der Waals surface area contributed by atoms with Crippen LogP contribution in [0.3, 0.4) is 0 Å². The van der Waals surface area contributed by atoms with Gasteiger partial charge in [-0.3, -0.25) is 14.8 Å². The van der Waals surface area contributed by atoms with Crippen LogP contribution in [0.5, 0.6) is 0 Å². The average molecular weight is 367 g/mol. The monoisotopic (exact) mass is 366 g/mol. The molecule has 5 nitrogen and oxygen atoms in total. The Kier molecular flexibility index (Phi) is 6.93. The van der Waals surface area contributed by atoms with Crippen molar-refractivity contribution in [2.75, 3.05) is 13.1 Å². The van der Waals surface area contributed by atoms with Crippen LogP contribution >= 0.6 is 0 Å². The van der Waals surface area contributed by atoms with Crippen molar-refractivity contribution in [1.82, 2.24) is 20.2 Å². The van der Waals surface area contributed by atoms with E-state index in [0.717, 1.165) is 42.3 Å². The number of nitrogens with zero attached hydrogens (tertiary/aromatic N) is 3. The minimum absolute atomic E-state index is 0.195. The molecule has 1 aliphatic heterocycles. The van der Waals surface area contributed by atoms with Gasteiger partial charge in [-0.2, -0.15) is 0 Å². The fourth-order valence-corrected chi connectivity index (χ4v) is 3.65. The molecule has 2 aromatic rings. The number of aryl methyl sites for hydroxylation is 2. The van der Waals surface area contributed by atoms with E-state index in [4.69, 9.17) is 0 Å². The first-order valence-corrected chi connectivity index (χ1v) is 9.94. The first-order chi connectivity index (χ1) is 13.1. The molecule has 144 valence electrons. The van der Waals surface area contributed by atoms with E-state index in [2.05, 4.69) is 15.3 Å². The van der Waals surface area contributed by atoms with Crippen LogP contribution in [0.25, 0.3) is 0 Å². The number of carbonyl (C=O) groups excluding carboxylic acids is 1. The third-order valence-electron chi connectivity index (χ3n) is 5.18. The van der Waals surface area contributed by atoms with Crippen molar-refractivity contribution in [3.05, 3.63) is 59.2 Å². The van der Waals surface area contributed by atoms with Gasteiger partial charge in [0, 0.05) is 17.8 Å². The summed E-state index contributed by atoms with van der Waals surface area (Å²) in [6.45, 7) is 7.17. The highest BCUT2D eigenvalue weighted by molar-refractivity contribution is 5.76. The standard InChI is InChI=1S/C22H30N4O/c1-17-5-3-7-20(24-17)15-26(16-21-8-4-6-18(2)25-21)22(27)10-9-19-11-13-23-14-12-19/h3-8,19,23H,9-16H2,1-2H3. The minimum atomic E-state index is 0.195. The van der Waals surface area contributed by atoms with Gasteiger partial charge in [0.2, 0.25) is 5.91 Å². The molecule has 2 aromatic heterocycles. The van der Waals surface area contributed by atoms with Gasteiger partial charge in [0.05, 0.1) is 24.5 Å². The van der Waals surface area contributed by atoms with Crippen LogP contribution in [-0.2, 0) is 17.9 Å². The van der Waals surface area contributed by atoms with Crippen LogP contribution in [0.1, 0.15) is 48.5 Å². The molecule has 3 rings (SSSR count). The van der Waals surface area contributed by atoms with Crippen LogP contribution in [0.4, 0.5) is 0 Å². The lowest BCUT2D eigenvalue weighted by molar-refractivity contribution is -0.133. The van der Waals surface area contributed by atoms with Gasteiger partial charge in [-0.1, -0.05) is 12.1 Å². The topological polar surface area (TPSA) is 58.1 Å². The number of aromatic nitrogens is 2. The van der Waals surface area contributed by atoms with E-state index in [9.17, 15) is 4.79 Å². The predicted molar refractivity (Wildman–Crippen MR) is 107 cm³/mol. The Morgan fingerprint density at radius 2 is 1.56 bits per heavy atom. The van der Waals surface area contributed by atoms with Crippen LogP contribution < -0.4 is 5.32 Å². The second kappa shape index (κ2) is 9.60. The maximum Gasteiger partial charge on any atom is 0.223 e. The van der Waals surface area contributed by atoms with Gasteiger partial charge in [0.25, 0.3) is 0 Å². The maximum absolute atomic E-state index is 13.0. The first kappa shape index (κ1) is 19.5. The highest BCUT2D eigenvalue weighted by Crippen LogP contribution is 2.19.